The van der Waals surface area contributed by atoms with Crippen molar-refractivity contribution in [3.8, 4) is 0 Å². The Kier molecular flexibility index (Phi) is 5.48. The molecule has 0 saturated carbocycles. The number of benzene rings is 1. The number of aliphatic hydroxyl groups is 1. The first-order valence-corrected chi connectivity index (χ1v) is 7.11. The van der Waals surface area contributed by atoms with Crippen molar-refractivity contribution in [1.29, 1.82) is 0 Å². The van der Waals surface area contributed by atoms with Gasteiger partial charge in [0, 0.05) is 25.5 Å². The Morgan fingerprint density at radius 2 is 2.04 bits per heavy atom. The third kappa shape index (κ3) is 4.17. The zero-order chi connectivity index (χ0) is 16.8. The van der Waals surface area contributed by atoms with Gasteiger partial charge in [-0.15, -0.1) is 4.73 Å². The van der Waals surface area contributed by atoms with Crippen LogP contribution in [0.15, 0.2) is 41.3 Å². The second-order valence-corrected chi connectivity index (χ2v) is 5.09. The first-order chi connectivity index (χ1) is 11.0. The molecule has 23 heavy (non-hydrogen) atoms. The van der Waals surface area contributed by atoms with E-state index in [9.17, 15) is 19.9 Å². The van der Waals surface area contributed by atoms with Crippen molar-refractivity contribution in [1.82, 2.24) is 9.71 Å². The molecule has 0 saturated heterocycles. The first-order valence-electron chi connectivity index (χ1n) is 7.11. The minimum atomic E-state index is -0.694. The molecule has 0 aliphatic heterocycles. The maximum absolute atomic E-state index is 12.0. The van der Waals surface area contributed by atoms with Crippen LogP contribution in [0, 0.1) is 0 Å². The Morgan fingerprint density at radius 3 is 2.65 bits per heavy atom. The van der Waals surface area contributed by atoms with Crippen LogP contribution in [0.1, 0.15) is 29.8 Å². The van der Waals surface area contributed by atoms with E-state index < -0.39 is 11.5 Å². The summed E-state index contributed by atoms with van der Waals surface area (Å²) < 4.78 is 5.17. The van der Waals surface area contributed by atoms with Crippen molar-refractivity contribution >= 4 is 5.97 Å². The maximum Gasteiger partial charge on any atom is 0.302 e. The summed E-state index contributed by atoms with van der Waals surface area (Å²) in [7, 11) is 0. The number of carbonyl (C=O) groups is 1. The molecule has 1 aromatic carbocycles. The van der Waals surface area contributed by atoms with Crippen molar-refractivity contribution in [2.45, 2.75) is 25.9 Å². The fraction of sp³-hybridized carbons (Fsp3) is 0.312. The number of aromatic nitrogens is 2. The second kappa shape index (κ2) is 7.55. The summed E-state index contributed by atoms with van der Waals surface area (Å²) >= 11 is 0. The average molecular weight is 318 g/mol. The zero-order valence-electron chi connectivity index (χ0n) is 12.7. The van der Waals surface area contributed by atoms with Crippen molar-refractivity contribution in [3.05, 3.63) is 63.8 Å². The van der Waals surface area contributed by atoms with Gasteiger partial charge in [0.25, 0.3) is 5.56 Å². The molecule has 7 nitrogen and oxygen atoms in total. The van der Waals surface area contributed by atoms with Crippen LogP contribution < -0.4 is 5.56 Å². The predicted molar refractivity (Wildman–Crippen MR) is 81.1 cm³/mol. The van der Waals surface area contributed by atoms with E-state index in [2.05, 4.69) is 4.98 Å². The third-order valence-electron chi connectivity index (χ3n) is 3.43. The summed E-state index contributed by atoms with van der Waals surface area (Å²) in [4.78, 5) is 26.8. The van der Waals surface area contributed by atoms with Crippen LogP contribution in [-0.2, 0) is 22.6 Å². The Bertz CT molecular complexity index is 727. The van der Waals surface area contributed by atoms with Gasteiger partial charge in [0.05, 0.1) is 12.2 Å². The van der Waals surface area contributed by atoms with Crippen LogP contribution in [0.3, 0.4) is 0 Å². The SMILES string of the molecule is CC(=O)OCc1cnc(CC(CO)c2ccccc2)n(O)c1=O. The maximum atomic E-state index is 12.0. The van der Waals surface area contributed by atoms with Gasteiger partial charge in [0.15, 0.2) is 0 Å². The van der Waals surface area contributed by atoms with E-state index in [1.807, 2.05) is 30.3 Å². The summed E-state index contributed by atoms with van der Waals surface area (Å²) in [6, 6.07) is 9.27. The lowest BCUT2D eigenvalue weighted by Gasteiger charge is -2.15. The van der Waals surface area contributed by atoms with Crippen LogP contribution in [0.4, 0.5) is 0 Å². The first kappa shape index (κ1) is 16.7. The highest BCUT2D eigenvalue weighted by Gasteiger charge is 2.17. The molecule has 2 aromatic rings. The standard InChI is InChI=1S/C16H18N2O5/c1-11(20)23-10-14-8-17-15(18(22)16(14)21)7-13(9-19)12-5-3-2-4-6-12/h2-6,8,13,19,22H,7,9-10H2,1H3. The molecular weight excluding hydrogens is 300 g/mol. The van der Waals surface area contributed by atoms with E-state index in [0.29, 0.717) is 4.73 Å². The number of ether oxygens (including phenoxy) is 1. The highest BCUT2D eigenvalue weighted by molar-refractivity contribution is 5.65. The molecule has 0 fully saturated rings. The number of aliphatic hydroxyl groups excluding tert-OH is 1. The van der Waals surface area contributed by atoms with Gasteiger partial charge in [-0.25, -0.2) is 4.98 Å². The molecule has 1 unspecified atom stereocenters. The largest absolute Gasteiger partial charge is 0.461 e. The zero-order valence-corrected chi connectivity index (χ0v) is 12.7. The molecule has 122 valence electrons. The molecule has 0 radical (unpaired) electrons. The van der Waals surface area contributed by atoms with Gasteiger partial charge >= 0.3 is 5.97 Å². The number of rotatable bonds is 6. The number of hydrogen-bond acceptors (Lipinski definition) is 6. The van der Waals surface area contributed by atoms with Crippen molar-refractivity contribution in [2.75, 3.05) is 6.61 Å². The Morgan fingerprint density at radius 1 is 1.35 bits per heavy atom. The van der Waals surface area contributed by atoms with E-state index >= 15 is 0 Å². The number of nitrogens with zero attached hydrogens (tertiary/aromatic N) is 2. The summed E-state index contributed by atoms with van der Waals surface area (Å²) in [6.45, 7) is 0.837. The minimum Gasteiger partial charge on any atom is -0.461 e. The average Bonchev–Trinajstić information content (AvgIpc) is 2.56. The molecule has 1 heterocycles. The van der Waals surface area contributed by atoms with E-state index in [0.717, 1.165) is 5.56 Å². The van der Waals surface area contributed by atoms with Crippen molar-refractivity contribution < 1.29 is 19.8 Å². The van der Waals surface area contributed by atoms with Crippen molar-refractivity contribution in [3.63, 3.8) is 0 Å². The van der Waals surface area contributed by atoms with Crippen LogP contribution in [0.25, 0.3) is 0 Å². The van der Waals surface area contributed by atoms with E-state index in [-0.39, 0.29) is 36.9 Å². The number of hydrogen-bond donors (Lipinski definition) is 2. The van der Waals surface area contributed by atoms with Gasteiger partial charge in [0.2, 0.25) is 0 Å². The molecule has 0 aliphatic rings. The molecule has 0 amide bonds. The van der Waals surface area contributed by atoms with Gasteiger partial charge in [-0.2, -0.15) is 0 Å². The predicted octanol–water partition coefficient (Wildman–Crippen LogP) is 0.862. The summed E-state index contributed by atoms with van der Waals surface area (Å²) in [5, 5.41) is 19.5. The number of carbonyl (C=O) groups excluding carboxylic acids is 1. The molecule has 2 rings (SSSR count). The van der Waals surface area contributed by atoms with Gasteiger partial charge in [-0.3, -0.25) is 9.59 Å². The highest BCUT2D eigenvalue weighted by Crippen LogP contribution is 2.18. The topological polar surface area (TPSA) is 102 Å². The molecule has 0 bridgehead atoms. The van der Waals surface area contributed by atoms with Crippen LogP contribution in [0.5, 0.6) is 0 Å². The lowest BCUT2D eigenvalue weighted by molar-refractivity contribution is -0.142. The molecule has 1 aromatic heterocycles. The summed E-state index contributed by atoms with van der Waals surface area (Å²) in [5.41, 5.74) is 0.265. The highest BCUT2D eigenvalue weighted by atomic mass is 16.5. The molecular formula is C16H18N2O5. The van der Waals surface area contributed by atoms with Gasteiger partial charge in [-0.1, -0.05) is 30.3 Å². The third-order valence-corrected chi connectivity index (χ3v) is 3.43. The van der Waals surface area contributed by atoms with E-state index in [4.69, 9.17) is 4.74 Å². The lowest BCUT2D eigenvalue weighted by atomic mass is 9.96. The molecule has 7 heteroatoms. The van der Waals surface area contributed by atoms with Crippen LogP contribution in [0.2, 0.25) is 0 Å². The van der Waals surface area contributed by atoms with Crippen LogP contribution >= 0.6 is 0 Å². The van der Waals surface area contributed by atoms with E-state index in [1.54, 1.807) is 0 Å². The normalized spacial score (nSPS) is 11.9. The fourth-order valence-corrected chi connectivity index (χ4v) is 2.17. The summed E-state index contributed by atoms with van der Waals surface area (Å²) in [5.74, 6) is -0.687. The molecule has 1 atom stereocenters. The Labute approximate surface area is 132 Å². The molecule has 0 spiro atoms. The smallest absolute Gasteiger partial charge is 0.302 e. The summed E-state index contributed by atoms with van der Waals surface area (Å²) in [6.07, 6.45) is 1.47. The fourth-order valence-electron chi connectivity index (χ4n) is 2.17. The monoisotopic (exact) mass is 318 g/mol. The quantitative estimate of drug-likeness (QED) is 0.605. The Balaban J connectivity index is 2.22. The minimum absolute atomic E-state index is 0.0757. The van der Waals surface area contributed by atoms with E-state index in [1.165, 1.54) is 13.1 Å². The number of esters is 1. The van der Waals surface area contributed by atoms with Crippen LogP contribution in [-0.4, -0.2) is 32.6 Å². The van der Waals surface area contributed by atoms with Gasteiger partial charge in [0.1, 0.15) is 12.4 Å². The lowest BCUT2D eigenvalue weighted by Crippen LogP contribution is -2.28. The van der Waals surface area contributed by atoms with Gasteiger partial charge in [-0.05, 0) is 5.56 Å². The Hall–Kier alpha value is -2.67. The molecule has 2 N–H and O–H groups in total. The van der Waals surface area contributed by atoms with Gasteiger partial charge < -0.3 is 15.1 Å². The second-order valence-electron chi connectivity index (χ2n) is 5.09. The molecule has 0 aliphatic carbocycles. The van der Waals surface area contributed by atoms with Crippen molar-refractivity contribution in [2.24, 2.45) is 0 Å².